The molecule has 2 N–H and O–H groups in total. The van der Waals surface area contributed by atoms with Gasteiger partial charge in [0.25, 0.3) is 10.0 Å². The molecule has 11 heteroatoms. The second kappa shape index (κ2) is 7.00. The Morgan fingerprint density at radius 2 is 1.74 bits per heavy atom. The van der Waals surface area contributed by atoms with Crippen molar-refractivity contribution in [2.45, 2.75) is 16.3 Å². The molecule has 0 aliphatic carbocycles. The lowest BCUT2D eigenvalue weighted by Crippen LogP contribution is -2.16. The summed E-state index contributed by atoms with van der Waals surface area (Å²) in [5.41, 5.74) is 0.584. The molecule has 1 aromatic heterocycles. The van der Waals surface area contributed by atoms with Gasteiger partial charge >= 0.3 is 0 Å². The van der Waals surface area contributed by atoms with Crippen molar-refractivity contribution in [3.63, 3.8) is 0 Å². The number of thiazole rings is 1. The summed E-state index contributed by atoms with van der Waals surface area (Å²) in [5, 5.41) is 5.15. The Hall–Kier alpha value is -2.34. The molecule has 142 valence electrons. The standard InChI is InChI=1S/C16H14FN3O4S3/c1-2-9-20-14-8-7-13(26(18,21)22)10-15(14)25-16(20)19-27(23,24)12-5-3-11(17)4-6-12/h2-8,10H,1,9H2,(H2,18,21,22). The number of benzene rings is 2. The van der Waals surface area contributed by atoms with Crippen LogP contribution in [0, 0.1) is 5.82 Å². The first-order chi connectivity index (χ1) is 12.6. The van der Waals surface area contributed by atoms with Crippen LogP contribution in [0.25, 0.3) is 10.2 Å². The minimum absolute atomic E-state index is 0.0880. The number of nitrogens with two attached hydrogens (primary N) is 1. The van der Waals surface area contributed by atoms with Crippen LogP contribution in [0.5, 0.6) is 0 Å². The molecule has 0 aliphatic heterocycles. The van der Waals surface area contributed by atoms with Gasteiger partial charge in [-0.15, -0.1) is 11.0 Å². The molecule has 0 aliphatic rings. The van der Waals surface area contributed by atoms with E-state index in [0.29, 0.717) is 10.2 Å². The molecule has 0 spiro atoms. The summed E-state index contributed by atoms with van der Waals surface area (Å²) in [7, 11) is -7.99. The molecule has 2 aromatic carbocycles. The van der Waals surface area contributed by atoms with Gasteiger partial charge in [0, 0.05) is 6.54 Å². The molecule has 0 amide bonds. The minimum Gasteiger partial charge on any atom is -0.312 e. The van der Waals surface area contributed by atoms with Gasteiger partial charge in [-0.1, -0.05) is 17.4 Å². The highest BCUT2D eigenvalue weighted by Crippen LogP contribution is 2.22. The molecule has 0 saturated heterocycles. The number of nitrogens with zero attached hydrogens (tertiary/aromatic N) is 2. The number of sulfonamides is 2. The fourth-order valence-corrected chi connectivity index (χ4v) is 5.26. The van der Waals surface area contributed by atoms with Crippen molar-refractivity contribution in [1.82, 2.24) is 4.57 Å². The fourth-order valence-electron chi connectivity index (χ4n) is 2.37. The molecule has 0 bridgehead atoms. The van der Waals surface area contributed by atoms with Crippen molar-refractivity contribution >= 4 is 41.6 Å². The summed E-state index contributed by atoms with van der Waals surface area (Å²) in [6.45, 7) is 3.90. The maximum absolute atomic E-state index is 13.0. The number of allylic oxidation sites excluding steroid dienone is 1. The third kappa shape index (κ3) is 4.00. The molecule has 0 saturated carbocycles. The second-order valence-corrected chi connectivity index (χ2v) is 9.65. The van der Waals surface area contributed by atoms with Crippen LogP contribution in [0.4, 0.5) is 4.39 Å². The summed E-state index contributed by atoms with van der Waals surface area (Å²) in [6, 6.07) is 8.53. The van der Waals surface area contributed by atoms with Crippen LogP contribution in [0.2, 0.25) is 0 Å². The highest BCUT2D eigenvalue weighted by atomic mass is 32.2. The van der Waals surface area contributed by atoms with Crippen LogP contribution in [0.3, 0.4) is 0 Å². The van der Waals surface area contributed by atoms with E-state index in [1.54, 1.807) is 10.6 Å². The summed E-state index contributed by atoms with van der Waals surface area (Å²) < 4.78 is 67.1. The van der Waals surface area contributed by atoms with Crippen LogP contribution in [-0.2, 0) is 26.6 Å². The zero-order valence-corrected chi connectivity index (χ0v) is 16.2. The van der Waals surface area contributed by atoms with Crippen LogP contribution in [-0.4, -0.2) is 21.4 Å². The first kappa shape index (κ1) is 19.4. The van der Waals surface area contributed by atoms with Crippen LogP contribution in [0.15, 0.2) is 69.3 Å². The van der Waals surface area contributed by atoms with E-state index in [2.05, 4.69) is 11.0 Å². The Balaban J connectivity index is 2.26. The van der Waals surface area contributed by atoms with Gasteiger partial charge in [0.1, 0.15) is 5.82 Å². The lowest BCUT2D eigenvalue weighted by Gasteiger charge is -2.02. The van der Waals surface area contributed by atoms with Crippen LogP contribution >= 0.6 is 11.3 Å². The van der Waals surface area contributed by atoms with Gasteiger partial charge in [0.05, 0.1) is 20.0 Å². The van der Waals surface area contributed by atoms with E-state index in [1.807, 2.05) is 0 Å². The fraction of sp³-hybridized carbons (Fsp3) is 0.0625. The Kier molecular flexibility index (Phi) is 5.04. The molecule has 3 aromatic rings. The number of primary sulfonamides is 1. The third-order valence-electron chi connectivity index (χ3n) is 3.60. The smallest absolute Gasteiger partial charge is 0.285 e. The van der Waals surface area contributed by atoms with Crippen molar-refractivity contribution in [3.05, 3.63) is 65.7 Å². The Bertz CT molecular complexity index is 1310. The number of halogens is 1. The molecule has 0 atom stereocenters. The first-order valence-electron chi connectivity index (χ1n) is 7.45. The van der Waals surface area contributed by atoms with Crippen molar-refractivity contribution in [2.24, 2.45) is 9.54 Å². The highest BCUT2D eigenvalue weighted by molar-refractivity contribution is 7.90. The Morgan fingerprint density at radius 3 is 2.33 bits per heavy atom. The molecule has 0 radical (unpaired) electrons. The predicted octanol–water partition coefficient (Wildman–Crippen LogP) is 1.96. The average molecular weight is 428 g/mol. The average Bonchev–Trinajstić information content (AvgIpc) is 2.91. The summed E-state index contributed by atoms with van der Waals surface area (Å²) in [6.07, 6.45) is 1.56. The quantitative estimate of drug-likeness (QED) is 0.627. The molecule has 27 heavy (non-hydrogen) atoms. The number of aromatic nitrogens is 1. The largest absolute Gasteiger partial charge is 0.312 e. The van der Waals surface area contributed by atoms with Gasteiger partial charge < -0.3 is 4.57 Å². The van der Waals surface area contributed by atoms with Gasteiger partial charge in [-0.25, -0.2) is 17.9 Å². The van der Waals surface area contributed by atoms with E-state index >= 15 is 0 Å². The van der Waals surface area contributed by atoms with Gasteiger partial charge in [-0.3, -0.25) is 0 Å². The van der Waals surface area contributed by atoms with Crippen molar-refractivity contribution in [3.8, 4) is 0 Å². The van der Waals surface area contributed by atoms with E-state index in [0.717, 1.165) is 35.6 Å². The SMILES string of the molecule is C=CCn1c(=NS(=O)(=O)c2ccc(F)cc2)sc2cc(S(N)(=O)=O)ccc21. The van der Waals surface area contributed by atoms with E-state index in [9.17, 15) is 21.2 Å². The summed E-state index contributed by atoms with van der Waals surface area (Å²) in [5.74, 6) is -0.562. The number of hydrogen-bond donors (Lipinski definition) is 1. The zero-order chi connectivity index (χ0) is 19.8. The van der Waals surface area contributed by atoms with E-state index in [4.69, 9.17) is 5.14 Å². The van der Waals surface area contributed by atoms with Crippen LogP contribution in [0.1, 0.15) is 0 Å². The monoisotopic (exact) mass is 427 g/mol. The third-order valence-corrected chi connectivity index (χ3v) is 6.95. The molecule has 0 fully saturated rings. The predicted molar refractivity (Wildman–Crippen MR) is 101 cm³/mol. The maximum Gasteiger partial charge on any atom is 0.285 e. The number of hydrogen-bond acceptors (Lipinski definition) is 5. The Labute approximate surface area is 159 Å². The van der Waals surface area contributed by atoms with Crippen molar-refractivity contribution < 1.29 is 21.2 Å². The van der Waals surface area contributed by atoms with Gasteiger partial charge in [-0.2, -0.15) is 8.42 Å². The molecule has 3 rings (SSSR count). The highest BCUT2D eigenvalue weighted by Gasteiger charge is 2.16. The molecular formula is C16H14FN3O4S3. The van der Waals surface area contributed by atoms with Gasteiger partial charge in [-0.05, 0) is 42.5 Å². The van der Waals surface area contributed by atoms with Gasteiger partial charge in [0.15, 0.2) is 0 Å². The number of rotatable bonds is 5. The molecule has 1 heterocycles. The second-order valence-electron chi connectivity index (χ2n) is 5.48. The zero-order valence-electron chi connectivity index (χ0n) is 13.7. The van der Waals surface area contributed by atoms with Crippen molar-refractivity contribution in [2.75, 3.05) is 0 Å². The molecule has 0 unspecified atom stereocenters. The summed E-state index contributed by atoms with van der Waals surface area (Å²) in [4.78, 5) is -0.118. The number of fused-ring (bicyclic) bond motifs is 1. The lowest BCUT2D eigenvalue weighted by molar-refractivity contribution is 0.594. The van der Waals surface area contributed by atoms with E-state index in [1.165, 1.54) is 18.2 Å². The van der Waals surface area contributed by atoms with Gasteiger partial charge in [0.2, 0.25) is 14.8 Å². The maximum atomic E-state index is 13.0. The normalized spacial score (nSPS) is 13.2. The van der Waals surface area contributed by atoms with Crippen LogP contribution < -0.4 is 9.94 Å². The van der Waals surface area contributed by atoms with E-state index in [-0.39, 0.29) is 21.1 Å². The first-order valence-corrected chi connectivity index (χ1v) is 11.3. The summed E-state index contributed by atoms with van der Waals surface area (Å²) >= 11 is 0.994. The lowest BCUT2D eigenvalue weighted by atomic mass is 10.3. The van der Waals surface area contributed by atoms with E-state index < -0.39 is 25.9 Å². The Morgan fingerprint density at radius 1 is 1.11 bits per heavy atom. The topological polar surface area (TPSA) is 112 Å². The minimum atomic E-state index is -4.09. The molecular weight excluding hydrogens is 413 g/mol. The van der Waals surface area contributed by atoms with Crippen molar-refractivity contribution in [1.29, 1.82) is 0 Å². The molecule has 7 nitrogen and oxygen atoms in total.